The third kappa shape index (κ3) is 6.89. The smallest absolute Gasteiger partial charge is 0.257 e. The highest BCUT2D eigenvalue weighted by molar-refractivity contribution is 9.10. The van der Waals surface area contributed by atoms with E-state index in [2.05, 4.69) is 26.6 Å². The molecule has 1 amide bonds. The van der Waals surface area contributed by atoms with Crippen molar-refractivity contribution in [1.82, 2.24) is 5.32 Å². The zero-order valence-corrected chi connectivity index (χ0v) is 17.8. The van der Waals surface area contributed by atoms with E-state index in [1.807, 2.05) is 54.6 Å². The molecule has 0 unspecified atom stereocenters. The number of carbonyl (C=O) groups excluding carboxylic acids is 1. The molecule has 0 saturated carbocycles. The highest BCUT2D eigenvalue weighted by Gasteiger charge is 2.09. The van der Waals surface area contributed by atoms with Gasteiger partial charge in [0.05, 0.1) is 0 Å². The fourth-order valence-corrected chi connectivity index (χ4v) is 2.91. The monoisotopic (exact) mass is 470 g/mol. The second-order valence-electron chi connectivity index (χ2n) is 5.95. The first kappa shape index (κ1) is 20.8. The first-order chi connectivity index (χ1) is 14.1. The summed E-state index contributed by atoms with van der Waals surface area (Å²) in [5, 5.41) is 5.86. The van der Waals surface area contributed by atoms with Gasteiger partial charge in [0, 0.05) is 15.7 Å². The van der Waals surface area contributed by atoms with Crippen LogP contribution in [0.4, 0.5) is 5.69 Å². The second-order valence-corrected chi connectivity index (χ2v) is 7.28. The largest absolute Gasteiger partial charge is 0.490 e. The quantitative estimate of drug-likeness (QED) is 0.374. The maximum atomic E-state index is 12.4. The van der Waals surface area contributed by atoms with E-state index in [1.54, 1.807) is 24.3 Å². The molecular formula is C22H19BrN2O3S. The van der Waals surface area contributed by atoms with E-state index in [0.29, 0.717) is 24.5 Å². The topological polar surface area (TPSA) is 59.6 Å². The number of nitrogens with one attached hydrogen (secondary N) is 2. The number of rotatable bonds is 7. The number of ether oxygens (including phenoxy) is 2. The van der Waals surface area contributed by atoms with Gasteiger partial charge in [-0.15, -0.1) is 0 Å². The van der Waals surface area contributed by atoms with Gasteiger partial charge in [-0.05, 0) is 66.8 Å². The normalized spacial score (nSPS) is 10.1. The SMILES string of the molecule is O=C(NC(=S)Nc1ccc(Br)cc1)c1cccc(OCCOc2ccccc2)c1. The fraction of sp³-hybridized carbons (Fsp3) is 0.0909. The Morgan fingerprint density at radius 3 is 2.24 bits per heavy atom. The number of para-hydroxylation sites is 1. The molecule has 7 heteroatoms. The molecule has 2 N–H and O–H groups in total. The number of hydrogen-bond acceptors (Lipinski definition) is 4. The van der Waals surface area contributed by atoms with E-state index in [-0.39, 0.29) is 11.0 Å². The lowest BCUT2D eigenvalue weighted by atomic mass is 10.2. The highest BCUT2D eigenvalue weighted by atomic mass is 79.9. The van der Waals surface area contributed by atoms with Gasteiger partial charge in [-0.25, -0.2) is 0 Å². The predicted molar refractivity (Wildman–Crippen MR) is 122 cm³/mol. The summed E-state index contributed by atoms with van der Waals surface area (Å²) in [5.41, 5.74) is 1.24. The Labute approximate surface area is 183 Å². The second kappa shape index (κ2) is 10.6. The predicted octanol–water partition coefficient (Wildman–Crippen LogP) is 5.03. The van der Waals surface area contributed by atoms with Gasteiger partial charge in [0.25, 0.3) is 5.91 Å². The van der Waals surface area contributed by atoms with Gasteiger partial charge in [-0.2, -0.15) is 0 Å². The Bertz CT molecular complexity index is 965. The molecule has 0 radical (unpaired) electrons. The molecule has 0 aliphatic heterocycles. The maximum absolute atomic E-state index is 12.4. The number of benzene rings is 3. The number of anilines is 1. The van der Waals surface area contributed by atoms with Crippen molar-refractivity contribution in [1.29, 1.82) is 0 Å². The lowest BCUT2D eigenvalue weighted by Gasteiger charge is -2.11. The van der Waals surface area contributed by atoms with E-state index in [1.165, 1.54) is 0 Å². The van der Waals surface area contributed by atoms with Crippen LogP contribution in [0.3, 0.4) is 0 Å². The first-order valence-corrected chi connectivity index (χ1v) is 10.1. The lowest BCUT2D eigenvalue weighted by Crippen LogP contribution is -2.34. The van der Waals surface area contributed by atoms with Crippen LogP contribution >= 0.6 is 28.1 Å². The van der Waals surface area contributed by atoms with Gasteiger partial charge in [-0.3, -0.25) is 10.1 Å². The van der Waals surface area contributed by atoms with Gasteiger partial charge in [-0.1, -0.05) is 40.2 Å². The van der Waals surface area contributed by atoms with Crippen molar-refractivity contribution in [2.24, 2.45) is 0 Å². The minimum absolute atomic E-state index is 0.222. The summed E-state index contributed by atoms with van der Waals surface area (Å²) >= 11 is 8.58. The molecule has 5 nitrogen and oxygen atoms in total. The molecule has 3 aromatic rings. The van der Waals surface area contributed by atoms with Crippen LogP contribution in [0.25, 0.3) is 0 Å². The minimum atomic E-state index is -0.314. The Balaban J connectivity index is 1.48. The summed E-state index contributed by atoms with van der Waals surface area (Å²) in [5.74, 6) is 1.06. The van der Waals surface area contributed by atoms with Crippen molar-refractivity contribution in [3.05, 3.63) is 88.9 Å². The molecule has 0 spiro atoms. The Kier molecular flexibility index (Phi) is 7.61. The summed E-state index contributed by atoms with van der Waals surface area (Å²) < 4.78 is 12.2. The van der Waals surface area contributed by atoms with Crippen LogP contribution in [0.15, 0.2) is 83.3 Å². The van der Waals surface area contributed by atoms with Gasteiger partial charge in [0.2, 0.25) is 0 Å². The number of amides is 1. The number of carbonyl (C=O) groups is 1. The van der Waals surface area contributed by atoms with Gasteiger partial charge in [0.15, 0.2) is 5.11 Å². The number of hydrogen-bond donors (Lipinski definition) is 2. The van der Waals surface area contributed by atoms with Crippen molar-refractivity contribution in [3.63, 3.8) is 0 Å². The van der Waals surface area contributed by atoms with Crippen LogP contribution in [0.2, 0.25) is 0 Å². The van der Waals surface area contributed by atoms with Crippen LogP contribution in [0, 0.1) is 0 Å². The molecular weight excluding hydrogens is 452 g/mol. The zero-order chi connectivity index (χ0) is 20.5. The standard InChI is InChI=1S/C22H19BrN2O3S/c23-17-9-11-18(12-10-17)24-22(29)25-21(26)16-5-4-8-20(15-16)28-14-13-27-19-6-2-1-3-7-19/h1-12,15H,13-14H2,(H2,24,25,26,29). The summed E-state index contributed by atoms with van der Waals surface area (Å²) in [7, 11) is 0. The van der Waals surface area contributed by atoms with Crippen molar-refractivity contribution in [2.75, 3.05) is 18.5 Å². The fourth-order valence-electron chi connectivity index (χ4n) is 2.43. The van der Waals surface area contributed by atoms with Crippen LogP contribution in [0.1, 0.15) is 10.4 Å². The summed E-state index contributed by atoms with van der Waals surface area (Å²) in [6, 6.07) is 23.9. The third-order valence-electron chi connectivity index (χ3n) is 3.79. The Morgan fingerprint density at radius 2 is 1.52 bits per heavy atom. The van der Waals surface area contributed by atoms with Crippen molar-refractivity contribution >= 4 is 44.9 Å². The molecule has 0 aliphatic rings. The van der Waals surface area contributed by atoms with E-state index >= 15 is 0 Å². The number of halogens is 1. The molecule has 3 rings (SSSR count). The molecule has 3 aromatic carbocycles. The van der Waals surface area contributed by atoms with Crippen LogP contribution < -0.4 is 20.1 Å². The van der Waals surface area contributed by atoms with Crippen molar-refractivity contribution in [3.8, 4) is 11.5 Å². The maximum Gasteiger partial charge on any atom is 0.257 e. The molecule has 0 bridgehead atoms. The Hall–Kier alpha value is -2.90. The molecule has 0 fully saturated rings. The summed E-state index contributed by atoms with van der Waals surface area (Å²) in [4.78, 5) is 12.4. The Morgan fingerprint density at radius 1 is 0.862 bits per heavy atom. The molecule has 0 aromatic heterocycles. The third-order valence-corrected chi connectivity index (χ3v) is 4.52. The lowest BCUT2D eigenvalue weighted by molar-refractivity contribution is 0.0977. The van der Waals surface area contributed by atoms with Gasteiger partial charge < -0.3 is 14.8 Å². The summed E-state index contributed by atoms with van der Waals surface area (Å²) in [6.07, 6.45) is 0. The van der Waals surface area contributed by atoms with E-state index in [0.717, 1.165) is 15.9 Å². The first-order valence-electron chi connectivity index (χ1n) is 8.89. The van der Waals surface area contributed by atoms with E-state index in [4.69, 9.17) is 21.7 Å². The van der Waals surface area contributed by atoms with Crippen molar-refractivity contribution < 1.29 is 14.3 Å². The van der Waals surface area contributed by atoms with Gasteiger partial charge >= 0.3 is 0 Å². The zero-order valence-electron chi connectivity index (χ0n) is 15.4. The highest BCUT2D eigenvalue weighted by Crippen LogP contribution is 2.15. The number of thiocarbonyl (C=S) groups is 1. The van der Waals surface area contributed by atoms with E-state index < -0.39 is 0 Å². The molecule has 0 saturated heterocycles. The van der Waals surface area contributed by atoms with Crippen LogP contribution in [0.5, 0.6) is 11.5 Å². The summed E-state index contributed by atoms with van der Waals surface area (Å²) in [6.45, 7) is 0.769. The van der Waals surface area contributed by atoms with Crippen LogP contribution in [-0.4, -0.2) is 24.2 Å². The van der Waals surface area contributed by atoms with Crippen LogP contribution in [-0.2, 0) is 0 Å². The van der Waals surface area contributed by atoms with Gasteiger partial charge in [0.1, 0.15) is 24.7 Å². The average molecular weight is 471 g/mol. The minimum Gasteiger partial charge on any atom is -0.490 e. The van der Waals surface area contributed by atoms with Crippen molar-refractivity contribution in [2.45, 2.75) is 0 Å². The molecule has 0 heterocycles. The molecule has 29 heavy (non-hydrogen) atoms. The molecule has 148 valence electrons. The molecule has 0 aliphatic carbocycles. The molecule has 0 atom stereocenters. The average Bonchev–Trinajstić information content (AvgIpc) is 2.74. The van der Waals surface area contributed by atoms with E-state index in [9.17, 15) is 4.79 Å².